The van der Waals surface area contributed by atoms with Crippen LogP contribution < -0.4 is 5.32 Å². The van der Waals surface area contributed by atoms with Gasteiger partial charge in [-0.2, -0.15) is 5.10 Å². The van der Waals surface area contributed by atoms with Gasteiger partial charge in [0, 0.05) is 31.5 Å². The number of aromatic nitrogens is 2. The third-order valence-corrected chi connectivity index (χ3v) is 3.49. The molecule has 0 amide bonds. The second-order valence-electron chi connectivity index (χ2n) is 5.13. The lowest BCUT2D eigenvalue weighted by Gasteiger charge is -2.10. The maximum Gasteiger partial charge on any atom is 0.0678 e. The van der Waals surface area contributed by atoms with E-state index in [1.807, 2.05) is 10.9 Å². The number of benzene rings is 1. The number of aryl methyl sites for hydroxylation is 2. The summed E-state index contributed by atoms with van der Waals surface area (Å²) in [6, 6.07) is 6.44. The standard InChI is InChI=1S/C16H23N3O/c1-12-5-6-16(13(2)9-12)19-14(3)15(11-18-19)10-17-7-8-20-4/h5-6,9,11,17H,7-8,10H2,1-4H3. The van der Waals surface area contributed by atoms with Crippen molar-refractivity contribution < 1.29 is 4.74 Å². The molecule has 0 fully saturated rings. The van der Waals surface area contributed by atoms with Gasteiger partial charge >= 0.3 is 0 Å². The molecule has 0 saturated carbocycles. The van der Waals surface area contributed by atoms with Gasteiger partial charge in [-0.15, -0.1) is 0 Å². The molecule has 20 heavy (non-hydrogen) atoms. The molecule has 4 nitrogen and oxygen atoms in total. The molecule has 0 bridgehead atoms. The Morgan fingerprint density at radius 3 is 2.75 bits per heavy atom. The number of ether oxygens (including phenoxy) is 1. The van der Waals surface area contributed by atoms with Gasteiger partial charge in [-0.3, -0.25) is 0 Å². The van der Waals surface area contributed by atoms with Crippen molar-refractivity contribution in [1.29, 1.82) is 0 Å². The van der Waals surface area contributed by atoms with Gasteiger partial charge in [0.05, 0.1) is 18.5 Å². The quantitative estimate of drug-likeness (QED) is 0.822. The summed E-state index contributed by atoms with van der Waals surface area (Å²) in [5, 5.41) is 7.87. The third kappa shape index (κ3) is 3.26. The van der Waals surface area contributed by atoms with Crippen LogP contribution in [0.2, 0.25) is 0 Å². The summed E-state index contributed by atoms with van der Waals surface area (Å²) in [5.41, 5.74) is 6.08. The summed E-state index contributed by atoms with van der Waals surface area (Å²) in [7, 11) is 1.71. The Morgan fingerprint density at radius 1 is 1.25 bits per heavy atom. The minimum absolute atomic E-state index is 0.726. The summed E-state index contributed by atoms with van der Waals surface area (Å²) in [6.07, 6.45) is 1.94. The van der Waals surface area contributed by atoms with Crippen LogP contribution in [0.5, 0.6) is 0 Å². The van der Waals surface area contributed by atoms with Gasteiger partial charge in [0.2, 0.25) is 0 Å². The normalized spacial score (nSPS) is 11.0. The van der Waals surface area contributed by atoms with Crippen LogP contribution in [0.3, 0.4) is 0 Å². The summed E-state index contributed by atoms with van der Waals surface area (Å²) in [5.74, 6) is 0. The van der Waals surface area contributed by atoms with Gasteiger partial charge < -0.3 is 10.1 Å². The van der Waals surface area contributed by atoms with E-state index in [-0.39, 0.29) is 0 Å². The lowest BCUT2D eigenvalue weighted by molar-refractivity contribution is 0.199. The molecule has 0 aliphatic rings. The highest BCUT2D eigenvalue weighted by atomic mass is 16.5. The van der Waals surface area contributed by atoms with Gasteiger partial charge in [-0.05, 0) is 32.4 Å². The lowest BCUT2D eigenvalue weighted by Crippen LogP contribution is -2.18. The molecule has 2 rings (SSSR count). The molecular formula is C16H23N3O. The van der Waals surface area contributed by atoms with E-state index in [1.54, 1.807) is 7.11 Å². The molecule has 2 aromatic rings. The zero-order chi connectivity index (χ0) is 14.5. The van der Waals surface area contributed by atoms with Crippen molar-refractivity contribution in [1.82, 2.24) is 15.1 Å². The monoisotopic (exact) mass is 273 g/mol. The predicted octanol–water partition coefficient (Wildman–Crippen LogP) is 2.53. The molecule has 0 aliphatic heterocycles. The Bertz CT molecular complexity index is 575. The van der Waals surface area contributed by atoms with Gasteiger partial charge in [0.15, 0.2) is 0 Å². The Morgan fingerprint density at radius 2 is 2.05 bits per heavy atom. The minimum Gasteiger partial charge on any atom is -0.383 e. The largest absolute Gasteiger partial charge is 0.383 e. The Hall–Kier alpha value is -1.65. The van der Waals surface area contributed by atoms with Crippen LogP contribution in [0.15, 0.2) is 24.4 Å². The molecule has 0 radical (unpaired) electrons. The van der Waals surface area contributed by atoms with E-state index >= 15 is 0 Å². The van der Waals surface area contributed by atoms with E-state index in [1.165, 1.54) is 22.4 Å². The van der Waals surface area contributed by atoms with Crippen molar-refractivity contribution in [2.75, 3.05) is 20.3 Å². The van der Waals surface area contributed by atoms with Crippen molar-refractivity contribution >= 4 is 0 Å². The first-order valence-electron chi connectivity index (χ1n) is 6.94. The predicted molar refractivity (Wildman–Crippen MR) is 81.4 cm³/mol. The highest BCUT2D eigenvalue weighted by molar-refractivity contribution is 5.43. The van der Waals surface area contributed by atoms with E-state index in [9.17, 15) is 0 Å². The van der Waals surface area contributed by atoms with E-state index in [2.05, 4.69) is 49.4 Å². The first-order valence-corrected chi connectivity index (χ1v) is 6.94. The highest BCUT2D eigenvalue weighted by Crippen LogP contribution is 2.18. The molecule has 0 saturated heterocycles. The molecule has 0 spiro atoms. The molecule has 1 aromatic carbocycles. The van der Waals surface area contributed by atoms with Crippen LogP contribution in [-0.4, -0.2) is 30.0 Å². The summed E-state index contributed by atoms with van der Waals surface area (Å²) in [6.45, 7) is 8.74. The molecule has 4 heteroatoms. The van der Waals surface area contributed by atoms with Crippen LogP contribution >= 0.6 is 0 Å². The van der Waals surface area contributed by atoms with Crippen LogP contribution in [0.25, 0.3) is 5.69 Å². The van der Waals surface area contributed by atoms with Crippen molar-refractivity contribution in [2.45, 2.75) is 27.3 Å². The molecule has 1 aromatic heterocycles. The maximum atomic E-state index is 5.03. The number of hydrogen-bond acceptors (Lipinski definition) is 3. The average molecular weight is 273 g/mol. The molecule has 0 aliphatic carbocycles. The second kappa shape index (κ2) is 6.68. The Balaban J connectivity index is 2.15. The van der Waals surface area contributed by atoms with E-state index in [0.717, 1.165) is 25.4 Å². The number of rotatable bonds is 6. The molecular weight excluding hydrogens is 250 g/mol. The summed E-state index contributed by atoms with van der Waals surface area (Å²) >= 11 is 0. The molecule has 0 atom stereocenters. The number of nitrogens with zero attached hydrogens (tertiary/aromatic N) is 2. The van der Waals surface area contributed by atoms with Gasteiger partial charge in [0.1, 0.15) is 0 Å². The first kappa shape index (κ1) is 14.8. The van der Waals surface area contributed by atoms with Gasteiger partial charge in [-0.1, -0.05) is 17.7 Å². The Kier molecular flexibility index (Phi) is 4.93. The highest BCUT2D eigenvalue weighted by Gasteiger charge is 2.09. The van der Waals surface area contributed by atoms with E-state index in [0.29, 0.717) is 0 Å². The smallest absolute Gasteiger partial charge is 0.0678 e. The topological polar surface area (TPSA) is 39.1 Å². The van der Waals surface area contributed by atoms with E-state index in [4.69, 9.17) is 4.74 Å². The SMILES string of the molecule is COCCNCc1cnn(-c2ccc(C)cc2C)c1C. The van der Waals surface area contributed by atoms with Crippen LogP contribution in [-0.2, 0) is 11.3 Å². The first-order chi connectivity index (χ1) is 9.63. The van der Waals surface area contributed by atoms with Gasteiger partial charge in [-0.25, -0.2) is 4.68 Å². The zero-order valence-electron chi connectivity index (χ0n) is 12.7. The van der Waals surface area contributed by atoms with Crippen LogP contribution in [0, 0.1) is 20.8 Å². The van der Waals surface area contributed by atoms with Crippen LogP contribution in [0.4, 0.5) is 0 Å². The lowest BCUT2D eigenvalue weighted by atomic mass is 10.1. The molecule has 1 heterocycles. The van der Waals surface area contributed by atoms with Crippen LogP contribution in [0.1, 0.15) is 22.4 Å². The van der Waals surface area contributed by atoms with Gasteiger partial charge in [0.25, 0.3) is 0 Å². The van der Waals surface area contributed by atoms with Crippen molar-refractivity contribution in [2.24, 2.45) is 0 Å². The van der Waals surface area contributed by atoms with E-state index < -0.39 is 0 Å². The fraction of sp³-hybridized carbons (Fsp3) is 0.438. The Labute approximate surface area is 120 Å². The van der Waals surface area contributed by atoms with Crippen molar-refractivity contribution in [3.8, 4) is 5.69 Å². The average Bonchev–Trinajstić information content (AvgIpc) is 2.77. The molecule has 0 unspecified atom stereocenters. The van der Waals surface area contributed by atoms with Crippen molar-refractivity contribution in [3.05, 3.63) is 46.8 Å². The molecule has 108 valence electrons. The van der Waals surface area contributed by atoms with Crippen molar-refractivity contribution in [3.63, 3.8) is 0 Å². The summed E-state index contributed by atoms with van der Waals surface area (Å²) in [4.78, 5) is 0. The number of nitrogens with one attached hydrogen (secondary N) is 1. The number of hydrogen-bond donors (Lipinski definition) is 1. The fourth-order valence-electron chi connectivity index (χ4n) is 2.30. The maximum absolute atomic E-state index is 5.03. The minimum atomic E-state index is 0.726. The zero-order valence-corrected chi connectivity index (χ0v) is 12.7. The number of methoxy groups -OCH3 is 1. The summed E-state index contributed by atoms with van der Waals surface area (Å²) < 4.78 is 7.04. The third-order valence-electron chi connectivity index (χ3n) is 3.49. The fourth-order valence-corrected chi connectivity index (χ4v) is 2.30. The molecule has 1 N–H and O–H groups in total. The second-order valence-corrected chi connectivity index (χ2v) is 5.13.